The molecule has 6 heteroatoms. The van der Waals surface area contributed by atoms with Crippen LogP contribution in [0.15, 0.2) is 49.2 Å². The maximum absolute atomic E-state index is 4.20. The molecule has 0 aromatic carbocycles. The molecule has 3 aromatic heterocycles. The van der Waals surface area contributed by atoms with E-state index in [1.807, 2.05) is 18.6 Å². The predicted octanol–water partition coefficient (Wildman–Crippen LogP) is 1.48. The number of hydrogen-bond donors (Lipinski definition) is 0. The molecule has 4 heterocycles. The highest BCUT2D eigenvalue weighted by Gasteiger charge is 2.18. The highest BCUT2D eigenvalue weighted by molar-refractivity contribution is 5.32. The highest BCUT2D eigenvalue weighted by Crippen LogP contribution is 2.16. The molecule has 0 spiro atoms. The van der Waals surface area contributed by atoms with Gasteiger partial charge in [-0.1, -0.05) is 0 Å². The van der Waals surface area contributed by atoms with Gasteiger partial charge in [0.25, 0.3) is 0 Å². The smallest absolute Gasteiger partial charge is 0.147 e. The minimum atomic E-state index is 0.845. The summed E-state index contributed by atoms with van der Waals surface area (Å²) < 4.78 is 4.31. The van der Waals surface area contributed by atoms with E-state index in [0.717, 1.165) is 37.7 Å². The van der Waals surface area contributed by atoms with Crippen molar-refractivity contribution < 1.29 is 0 Å². The fourth-order valence-corrected chi connectivity index (χ4v) is 2.77. The Morgan fingerprint density at radius 1 is 1.14 bits per heavy atom. The number of fused-ring (bicyclic) bond motifs is 1. The number of pyridine rings is 1. The van der Waals surface area contributed by atoms with Gasteiger partial charge in [-0.2, -0.15) is 0 Å². The molecular weight excluding hydrogens is 264 g/mol. The quantitative estimate of drug-likeness (QED) is 0.729. The molecule has 3 aromatic rings. The molecule has 6 nitrogen and oxygen atoms in total. The van der Waals surface area contributed by atoms with Crippen LogP contribution >= 0.6 is 0 Å². The number of nitrogens with zero attached hydrogens (tertiary/aromatic N) is 6. The molecule has 0 fully saturated rings. The van der Waals surface area contributed by atoms with Crippen LogP contribution in [-0.2, 0) is 19.6 Å². The summed E-state index contributed by atoms with van der Waals surface area (Å²) in [5, 5.41) is 8.14. The van der Waals surface area contributed by atoms with Crippen molar-refractivity contribution in [1.82, 2.24) is 29.2 Å². The summed E-state index contributed by atoms with van der Waals surface area (Å²) in [6.45, 7) is 3.71. The van der Waals surface area contributed by atoms with Gasteiger partial charge in [-0.15, -0.1) is 10.2 Å². The van der Waals surface area contributed by atoms with E-state index in [-0.39, 0.29) is 0 Å². The van der Waals surface area contributed by atoms with Crippen molar-refractivity contribution in [3.8, 4) is 5.69 Å². The Labute approximate surface area is 122 Å². The molecule has 4 rings (SSSR count). The van der Waals surface area contributed by atoms with Gasteiger partial charge < -0.3 is 9.13 Å². The molecule has 0 unspecified atom stereocenters. The molecule has 0 amide bonds. The molecule has 0 saturated carbocycles. The average molecular weight is 280 g/mol. The predicted molar refractivity (Wildman–Crippen MR) is 77.7 cm³/mol. The van der Waals surface area contributed by atoms with E-state index >= 15 is 0 Å². The Balaban J connectivity index is 1.55. The van der Waals surface area contributed by atoms with Gasteiger partial charge in [-0.05, 0) is 24.3 Å². The zero-order valence-corrected chi connectivity index (χ0v) is 11.6. The third kappa shape index (κ3) is 2.34. The van der Waals surface area contributed by atoms with Crippen LogP contribution in [0.2, 0.25) is 0 Å². The lowest BCUT2D eigenvalue weighted by Crippen LogP contribution is -2.33. The summed E-state index contributed by atoms with van der Waals surface area (Å²) in [5.74, 6) is 1.04. The lowest BCUT2D eigenvalue weighted by atomic mass is 10.3. The van der Waals surface area contributed by atoms with Crippen molar-refractivity contribution in [2.24, 2.45) is 0 Å². The van der Waals surface area contributed by atoms with Crippen molar-refractivity contribution in [2.75, 3.05) is 6.54 Å². The zero-order chi connectivity index (χ0) is 14.1. The van der Waals surface area contributed by atoms with E-state index in [9.17, 15) is 0 Å². The van der Waals surface area contributed by atoms with E-state index in [1.165, 1.54) is 5.69 Å². The van der Waals surface area contributed by atoms with Crippen LogP contribution in [0.4, 0.5) is 0 Å². The summed E-state index contributed by atoms with van der Waals surface area (Å²) in [6, 6.07) is 8.27. The largest absolute Gasteiger partial charge is 0.318 e. The average Bonchev–Trinajstić information content (AvgIpc) is 3.16. The van der Waals surface area contributed by atoms with Gasteiger partial charge in [0.15, 0.2) is 0 Å². The first-order valence-electron chi connectivity index (χ1n) is 7.06. The first kappa shape index (κ1) is 12.3. The first-order chi connectivity index (χ1) is 10.4. The summed E-state index contributed by atoms with van der Waals surface area (Å²) in [4.78, 5) is 6.59. The van der Waals surface area contributed by atoms with Crippen LogP contribution in [0.5, 0.6) is 0 Å². The van der Waals surface area contributed by atoms with Gasteiger partial charge in [0.2, 0.25) is 0 Å². The molecule has 0 saturated heterocycles. The van der Waals surface area contributed by atoms with Gasteiger partial charge in [0.05, 0.1) is 18.4 Å². The van der Waals surface area contributed by atoms with Crippen LogP contribution in [0.25, 0.3) is 5.69 Å². The van der Waals surface area contributed by atoms with E-state index in [4.69, 9.17) is 0 Å². The van der Waals surface area contributed by atoms with Crippen LogP contribution in [0, 0.1) is 0 Å². The van der Waals surface area contributed by atoms with Gasteiger partial charge in [0, 0.05) is 37.7 Å². The molecule has 0 atom stereocenters. The lowest BCUT2D eigenvalue weighted by Gasteiger charge is -2.27. The summed E-state index contributed by atoms with van der Waals surface area (Å²) >= 11 is 0. The molecule has 1 aliphatic heterocycles. The Kier molecular flexibility index (Phi) is 3.01. The van der Waals surface area contributed by atoms with Crippen LogP contribution < -0.4 is 0 Å². The maximum atomic E-state index is 4.20. The Morgan fingerprint density at radius 2 is 2.14 bits per heavy atom. The van der Waals surface area contributed by atoms with E-state index in [1.54, 1.807) is 6.20 Å². The fraction of sp³-hybridized carbons (Fsp3) is 0.267. The number of hydrogen-bond acceptors (Lipinski definition) is 4. The summed E-state index contributed by atoms with van der Waals surface area (Å²) in [6.07, 6.45) is 7.57. The SMILES string of the molecule is c1cncc(-n2cccc2CN2CCn3cnnc3C2)c1. The molecule has 0 N–H and O–H groups in total. The lowest BCUT2D eigenvalue weighted by molar-refractivity contribution is 0.205. The van der Waals surface area contributed by atoms with Gasteiger partial charge in [0.1, 0.15) is 12.2 Å². The Morgan fingerprint density at radius 3 is 3.05 bits per heavy atom. The van der Waals surface area contributed by atoms with Crippen molar-refractivity contribution in [3.63, 3.8) is 0 Å². The molecule has 106 valence electrons. The third-order valence-electron chi connectivity index (χ3n) is 3.86. The Hall–Kier alpha value is -2.47. The van der Waals surface area contributed by atoms with E-state index in [2.05, 4.69) is 53.6 Å². The normalized spacial score (nSPS) is 15.0. The molecule has 0 aliphatic carbocycles. The fourth-order valence-electron chi connectivity index (χ4n) is 2.77. The summed E-state index contributed by atoms with van der Waals surface area (Å²) in [5.41, 5.74) is 2.36. The molecule has 1 aliphatic rings. The molecule has 21 heavy (non-hydrogen) atoms. The second-order valence-corrected chi connectivity index (χ2v) is 5.23. The first-order valence-corrected chi connectivity index (χ1v) is 7.06. The topological polar surface area (TPSA) is 51.8 Å². The Bertz CT molecular complexity index is 729. The van der Waals surface area contributed by atoms with Crippen molar-refractivity contribution in [1.29, 1.82) is 0 Å². The zero-order valence-electron chi connectivity index (χ0n) is 11.6. The van der Waals surface area contributed by atoms with E-state index < -0.39 is 0 Å². The van der Waals surface area contributed by atoms with Crippen LogP contribution in [-0.4, -0.2) is 35.8 Å². The van der Waals surface area contributed by atoms with Gasteiger partial charge in [-0.3, -0.25) is 9.88 Å². The molecule has 0 bridgehead atoms. The van der Waals surface area contributed by atoms with Crippen molar-refractivity contribution in [2.45, 2.75) is 19.6 Å². The highest BCUT2D eigenvalue weighted by atomic mass is 15.3. The monoisotopic (exact) mass is 280 g/mol. The van der Waals surface area contributed by atoms with E-state index in [0.29, 0.717) is 0 Å². The number of aromatic nitrogens is 5. The van der Waals surface area contributed by atoms with Crippen molar-refractivity contribution >= 4 is 0 Å². The second kappa shape index (κ2) is 5.14. The number of rotatable bonds is 3. The second-order valence-electron chi connectivity index (χ2n) is 5.23. The molecule has 0 radical (unpaired) electrons. The molecular formula is C15H16N6. The van der Waals surface area contributed by atoms with Crippen LogP contribution in [0.1, 0.15) is 11.5 Å². The minimum Gasteiger partial charge on any atom is -0.318 e. The minimum absolute atomic E-state index is 0.845. The van der Waals surface area contributed by atoms with Crippen LogP contribution in [0.3, 0.4) is 0 Å². The third-order valence-corrected chi connectivity index (χ3v) is 3.86. The maximum Gasteiger partial charge on any atom is 0.147 e. The standard InChI is InChI=1S/C15H16N6/c1-3-13(9-16-5-1)21-6-2-4-14(21)10-19-7-8-20-12-17-18-15(20)11-19/h1-6,9,12H,7-8,10-11H2. The van der Waals surface area contributed by atoms with Gasteiger partial charge in [-0.25, -0.2) is 0 Å². The summed E-state index contributed by atoms with van der Waals surface area (Å²) in [7, 11) is 0. The van der Waals surface area contributed by atoms with Crippen molar-refractivity contribution in [3.05, 3.63) is 60.7 Å². The van der Waals surface area contributed by atoms with Gasteiger partial charge >= 0.3 is 0 Å².